The normalized spacial score (nSPS) is 10.4. The third-order valence-corrected chi connectivity index (χ3v) is 4.86. The third kappa shape index (κ3) is 4.48. The van der Waals surface area contributed by atoms with Crippen molar-refractivity contribution in [2.24, 2.45) is 0 Å². The number of urea groups is 1. The van der Waals surface area contributed by atoms with E-state index in [1.54, 1.807) is 12.1 Å². The molecule has 6 heteroatoms. The molecule has 31 heavy (non-hydrogen) atoms. The van der Waals surface area contributed by atoms with Crippen molar-refractivity contribution < 1.29 is 9.59 Å². The molecule has 154 valence electrons. The lowest BCUT2D eigenvalue weighted by Gasteiger charge is -2.11. The lowest BCUT2D eigenvalue weighted by atomic mass is 9.95. The van der Waals surface area contributed by atoms with Crippen LogP contribution in [0.15, 0.2) is 91.0 Å². The van der Waals surface area contributed by atoms with Gasteiger partial charge in [-0.2, -0.15) is 0 Å². The second-order valence-electron chi connectivity index (χ2n) is 7.01. The van der Waals surface area contributed by atoms with Gasteiger partial charge in [-0.05, 0) is 30.2 Å². The maximum atomic E-state index is 13.0. The van der Waals surface area contributed by atoms with Crippen LogP contribution < -0.4 is 16.2 Å². The minimum atomic E-state index is -0.535. The number of para-hydroxylation sites is 1. The lowest BCUT2D eigenvalue weighted by molar-refractivity contribution is 0.0934. The smallest absolute Gasteiger partial charge is 0.337 e. The van der Waals surface area contributed by atoms with Crippen LogP contribution >= 0.6 is 0 Å². The van der Waals surface area contributed by atoms with Crippen LogP contribution in [0.4, 0.5) is 10.5 Å². The average Bonchev–Trinajstić information content (AvgIpc) is 3.16. The summed E-state index contributed by atoms with van der Waals surface area (Å²) in [6.07, 6.45) is 0. The van der Waals surface area contributed by atoms with Gasteiger partial charge in [-0.25, -0.2) is 10.2 Å². The summed E-state index contributed by atoms with van der Waals surface area (Å²) < 4.78 is 0. The van der Waals surface area contributed by atoms with Crippen molar-refractivity contribution in [2.75, 3.05) is 5.32 Å². The standard InChI is InChI=1S/C25H22N4O2/c1-17-21(18-11-5-2-6-12-18)22(19-13-7-3-8-14-19)23(26-17)24(30)28-29-25(31)27-20-15-9-4-10-16-20/h2-16,26H,1H3,(H,28,30)(H2,27,29,31). The first kappa shape index (κ1) is 20.0. The fourth-order valence-corrected chi connectivity index (χ4v) is 3.51. The molecule has 4 rings (SSSR count). The van der Waals surface area contributed by atoms with Crippen LogP contribution in [0.3, 0.4) is 0 Å². The molecule has 0 fully saturated rings. The van der Waals surface area contributed by atoms with Crippen LogP contribution in [0.2, 0.25) is 0 Å². The molecule has 0 saturated heterocycles. The molecule has 0 aliphatic rings. The summed E-state index contributed by atoms with van der Waals surface area (Å²) >= 11 is 0. The van der Waals surface area contributed by atoms with E-state index in [4.69, 9.17) is 0 Å². The number of anilines is 1. The number of rotatable bonds is 4. The van der Waals surface area contributed by atoms with Crippen LogP contribution in [0.5, 0.6) is 0 Å². The van der Waals surface area contributed by atoms with Gasteiger partial charge in [-0.1, -0.05) is 78.9 Å². The van der Waals surface area contributed by atoms with E-state index >= 15 is 0 Å². The van der Waals surface area contributed by atoms with E-state index in [-0.39, 0.29) is 0 Å². The van der Waals surface area contributed by atoms with Crippen LogP contribution in [0.1, 0.15) is 16.2 Å². The minimum Gasteiger partial charge on any atom is -0.354 e. The van der Waals surface area contributed by atoms with Crippen molar-refractivity contribution in [1.82, 2.24) is 15.8 Å². The summed E-state index contributed by atoms with van der Waals surface area (Å²) in [5, 5.41) is 2.66. The molecule has 0 unspecified atom stereocenters. The third-order valence-electron chi connectivity index (χ3n) is 4.86. The quantitative estimate of drug-likeness (QED) is 0.352. The van der Waals surface area contributed by atoms with Gasteiger partial charge in [-0.15, -0.1) is 0 Å². The van der Waals surface area contributed by atoms with E-state index in [0.717, 1.165) is 27.9 Å². The number of aromatic nitrogens is 1. The summed E-state index contributed by atoms with van der Waals surface area (Å²) in [5.74, 6) is -0.438. The Morgan fingerprint density at radius 3 is 1.77 bits per heavy atom. The van der Waals surface area contributed by atoms with Gasteiger partial charge in [0, 0.05) is 22.5 Å². The zero-order valence-electron chi connectivity index (χ0n) is 17.0. The zero-order chi connectivity index (χ0) is 21.6. The highest BCUT2D eigenvalue weighted by molar-refractivity contribution is 6.05. The van der Waals surface area contributed by atoms with E-state index in [1.165, 1.54) is 0 Å². The number of hydrazine groups is 1. The van der Waals surface area contributed by atoms with Gasteiger partial charge in [0.05, 0.1) is 0 Å². The van der Waals surface area contributed by atoms with Crippen molar-refractivity contribution in [2.45, 2.75) is 6.92 Å². The molecule has 0 saturated carbocycles. The van der Waals surface area contributed by atoms with Crippen molar-refractivity contribution in [3.05, 3.63) is 102 Å². The Hall–Kier alpha value is -4.32. The number of aromatic amines is 1. The molecule has 0 bridgehead atoms. The van der Waals surface area contributed by atoms with E-state index in [0.29, 0.717) is 11.4 Å². The molecular formula is C25H22N4O2. The first-order chi connectivity index (χ1) is 15.1. The SMILES string of the molecule is Cc1[nH]c(C(=O)NNC(=O)Nc2ccccc2)c(-c2ccccc2)c1-c1ccccc1. The molecular weight excluding hydrogens is 388 g/mol. The van der Waals surface area contributed by atoms with E-state index in [1.807, 2.05) is 85.8 Å². The molecule has 0 aliphatic carbocycles. The Labute approximate surface area is 180 Å². The van der Waals surface area contributed by atoms with Gasteiger partial charge in [-0.3, -0.25) is 10.2 Å². The largest absolute Gasteiger partial charge is 0.354 e. The van der Waals surface area contributed by atoms with Crippen LogP contribution in [-0.4, -0.2) is 16.9 Å². The number of hydrogen-bond acceptors (Lipinski definition) is 2. The van der Waals surface area contributed by atoms with E-state index in [2.05, 4.69) is 21.2 Å². The average molecular weight is 410 g/mol. The van der Waals surface area contributed by atoms with Gasteiger partial charge >= 0.3 is 6.03 Å². The second kappa shape index (κ2) is 9.00. The topological polar surface area (TPSA) is 86.0 Å². The fraction of sp³-hybridized carbons (Fsp3) is 0.0400. The van der Waals surface area contributed by atoms with Gasteiger partial charge in [0.25, 0.3) is 5.91 Å². The van der Waals surface area contributed by atoms with Crippen molar-refractivity contribution >= 4 is 17.6 Å². The maximum Gasteiger partial charge on any atom is 0.337 e. The van der Waals surface area contributed by atoms with Crippen LogP contribution in [-0.2, 0) is 0 Å². The summed E-state index contributed by atoms with van der Waals surface area (Å²) in [7, 11) is 0. The number of hydrogen-bond donors (Lipinski definition) is 4. The number of aryl methyl sites for hydroxylation is 1. The molecule has 6 nitrogen and oxygen atoms in total. The summed E-state index contributed by atoms with van der Waals surface area (Å²) in [5.41, 5.74) is 10.4. The summed E-state index contributed by atoms with van der Waals surface area (Å²) in [4.78, 5) is 28.4. The monoisotopic (exact) mass is 410 g/mol. The van der Waals surface area contributed by atoms with Crippen LogP contribution in [0.25, 0.3) is 22.3 Å². The van der Waals surface area contributed by atoms with E-state index < -0.39 is 11.9 Å². The minimum absolute atomic E-state index is 0.377. The highest BCUT2D eigenvalue weighted by Crippen LogP contribution is 2.37. The molecule has 3 aromatic carbocycles. The van der Waals surface area contributed by atoms with Crippen molar-refractivity contribution in [1.29, 1.82) is 0 Å². The maximum absolute atomic E-state index is 13.0. The van der Waals surface area contributed by atoms with Gasteiger partial charge in [0.2, 0.25) is 0 Å². The predicted octanol–water partition coefficient (Wildman–Crippen LogP) is 5.12. The zero-order valence-corrected chi connectivity index (χ0v) is 17.0. The number of amides is 3. The molecule has 0 radical (unpaired) electrons. The molecule has 0 spiro atoms. The summed E-state index contributed by atoms with van der Waals surface area (Å²) in [6, 6.07) is 28.1. The highest BCUT2D eigenvalue weighted by atomic mass is 16.2. The molecule has 4 aromatic rings. The number of nitrogens with one attached hydrogen (secondary N) is 4. The molecule has 1 aromatic heterocycles. The first-order valence-corrected chi connectivity index (χ1v) is 9.89. The van der Waals surface area contributed by atoms with Crippen molar-refractivity contribution in [3.8, 4) is 22.3 Å². The Balaban J connectivity index is 1.62. The number of carbonyl (C=O) groups is 2. The Morgan fingerprint density at radius 1 is 0.677 bits per heavy atom. The Morgan fingerprint density at radius 2 is 1.19 bits per heavy atom. The molecule has 1 heterocycles. The molecule has 0 atom stereocenters. The van der Waals surface area contributed by atoms with Gasteiger partial charge in [0.15, 0.2) is 0 Å². The Bertz CT molecular complexity index is 1190. The lowest BCUT2D eigenvalue weighted by Crippen LogP contribution is -2.44. The predicted molar refractivity (Wildman–Crippen MR) is 122 cm³/mol. The van der Waals surface area contributed by atoms with E-state index in [9.17, 15) is 9.59 Å². The number of benzene rings is 3. The second-order valence-corrected chi connectivity index (χ2v) is 7.01. The number of H-pyrrole nitrogens is 1. The molecule has 4 N–H and O–H groups in total. The summed E-state index contributed by atoms with van der Waals surface area (Å²) in [6.45, 7) is 1.93. The molecule has 0 aliphatic heterocycles. The first-order valence-electron chi connectivity index (χ1n) is 9.89. The van der Waals surface area contributed by atoms with Crippen LogP contribution in [0, 0.1) is 6.92 Å². The highest BCUT2D eigenvalue weighted by Gasteiger charge is 2.23. The number of carbonyl (C=O) groups excluding carboxylic acids is 2. The fourth-order valence-electron chi connectivity index (χ4n) is 3.51. The molecule has 3 amide bonds. The van der Waals surface area contributed by atoms with Crippen molar-refractivity contribution in [3.63, 3.8) is 0 Å². The Kier molecular flexibility index (Phi) is 5.80. The van der Waals surface area contributed by atoms with Gasteiger partial charge in [0.1, 0.15) is 5.69 Å². The van der Waals surface area contributed by atoms with Gasteiger partial charge < -0.3 is 10.3 Å².